The predicted octanol–water partition coefficient (Wildman–Crippen LogP) is 2.61. The van der Waals surface area contributed by atoms with Gasteiger partial charge in [-0.25, -0.2) is 0 Å². The van der Waals surface area contributed by atoms with E-state index >= 15 is 0 Å². The second-order valence-electron chi connectivity index (χ2n) is 5.55. The maximum atomic E-state index is 4.45. The molecule has 0 fully saturated rings. The summed E-state index contributed by atoms with van der Waals surface area (Å²) in [5.41, 5.74) is 1.35. The molecule has 0 spiro atoms. The molecule has 0 aromatic carbocycles. The van der Waals surface area contributed by atoms with E-state index in [2.05, 4.69) is 50.4 Å². The molecule has 0 bridgehead atoms. The minimum Gasteiger partial charge on any atom is -0.312 e. The fourth-order valence-electron chi connectivity index (χ4n) is 1.72. The molecule has 0 aliphatic rings. The fraction of sp³-hybridized carbons (Fsp3) is 0.769. The van der Waals surface area contributed by atoms with E-state index in [1.54, 1.807) is 0 Å². The third kappa shape index (κ3) is 3.97. The molecule has 92 valence electrons. The van der Waals surface area contributed by atoms with Crippen LogP contribution in [0.3, 0.4) is 0 Å². The summed E-state index contributed by atoms with van der Waals surface area (Å²) < 4.78 is 2.04. The first-order chi connectivity index (χ1) is 7.43. The number of hydrogen-bond donors (Lipinski definition) is 1. The Morgan fingerprint density at radius 3 is 2.56 bits per heavy atom. The topological polar surface area (TPSA) is 29.9 Å². The number of hydrogen-bond acceptors (Lipinski definition) is 2. The molecule has 16 heavy (non-hydrogen) atoms. The maximum Gasteiger partial charge on any atom is 0.0593 e. The molecule has 1 unspecified atom stereocenters. The molecule has 0 saturated heterocycles. The largest absolute Gasteiger partial charge is 0.312 e. The molecule has 1 aromatic heterocycles. The minimum atomic E-state index is 0.259. The van der Waals surface area contributed by atoms with Crippen LogP contribution in [0.15, 0.2) is 12.3 Å². The summed E-state index contributed by atoms with van der Waals surface area (Å²) in [6.07, 6.45) is 3.23. The zero-order chi connectivity index (χ0) is 12.2. The van der Waals surface area contributed by atoms with E-state index in [0.717, 1.165) is 18.8 Å². The van der Waals surface area contributed by atoms with Gasteiger partial charge in [-0.15, -0.1) is 0 Å². The standard InChI is InChI=1S/C13H25N3/c1-6-8-14-12(13(3,4)5)10-16-9-7-11(2)15-16/h7,9,12,14H,6,8,10H2,1-5H3. The van der Waals surface area contributed by atoms with Gasteiger partial charge in [-0.05, 0) is 31.4 Å². The summed E-state index contributed by atoms with van der Waals surface area (Å²) in [6.45, 7) is 13.1. The molecular formula is C13H25N3. The van der Waals surface area contributed by atoms with Gasteiger partial charge in [0, 0.05) is 12.2 Å². The molecule has 0 aliphatic carbocycles. The van der Waals surface area contributed by atoms with E-state index in [9.17, 15) is 0 Å². The lowest BCUT2D eigenvalue weighted by Crippen LogP contribution is -2.43. The summed E-state index contributed by atoms with van der Waals surface area (Å²) in [5, 5.41) is 8.06. The summed E-state index contributed by atoms with van der Waals surface area (Å²) >= 11 is 0. The van der Waals surface area contributed by atoms with Crippen molar-refractivity contribution >= 4 is 0 Å². The van der Waals surface area contributed by atoms with Gasteiger partial charge in [0.25, 0.3) is 0 Å². The van der Waals surface area contributed by atoms with Crippen LogP contribution in [0.25, 0.3) is 0 Å². The summed E-state index contributed by atoms with van der Waals surface area (Å²) in [5.74, 6) is 0. The zero-order valence-corrected chi connectivity index (χ0v) is 11.2. The van der Waals surface area contributed by atoms with E-state index in [4.69, 9.17) is 0 Å². The summed E-state index contributed by atoms with van der Waals surface area (Å²) in [6, 6.07) is 2.52. The van der Waals surface area contributed by atoms with Crippen molar-refractivity contribution in [2.45, 2.75) is 53.6 Å². The van der Waals surface area contributed by atoms with Crippen LogP contribution in [-0.2, 0) is 6.54 Å². The second-order valence-corrected chi connectivity index (χ2v) is 5.55. The van der Waals surface area contributed by atoms with Crippen molar-refractivity contribution in [3.8, 4) is 0 Å². The van der Waals surface area contributed by atoms with Gasteiger partial charge in [-0.1, -0.05) is 27.7 Å². The van der Waals surface area contributed by atoms with Crippen LogP contribution in [0.2, 0.25) is 0 Å². The third-order valence-corrected chi connectivity index (χ3v) is 2.83. The first-order valence-corrected chi connectivity index (χ1v) is 6.17. The van der Waals surface area contributed by atoms with Crippen molar-refractivity contribution in [1.29, 1.82) is 0 Å². The van der Waals surface area contributed by atoms with Crippen LogP contribution >= 0.6 is 0 Å². The van der Waals surface area contributed by atoms with Gasteiger partial charge in [0.1, 0.15) is 0 Å². The van der Waals surface area contributed by atoms with Gasteiger partial charge in [0.15, 0.2) is 0 Å². The van der Waals surface area contributed by atoms with Crippen molar-refractivity contribution < 1.29 is 0 Å². The van der Waals surface area contributed by atoms with E-state index in [0.29, 0.717) is 6.04 Å². The lowest BCUT2D eigenvalue weighted by atomic mass is 9.86. The van der Waals surface area contributed by atoms with Crippen molar-refractivity contribution in [2.24, 2.45) is 5.41 Å². The van der Waals surface area contributed by atoms with Crippen molar-refractivity contribution in [2.75, 3.05) is 6.54 Å². The fourth-order valence-corrected chi connectivity index (χ4v) is 1.72. The van der Waals surface area contributed by atoms with Crippen LogP contribution in [0.1, 0.15) is 39.8 Å². The van der Waals surface area contributed by atoms with Gasteiger partial charge in [-0.2, -0.15) is 5.10 Å². The molecule has 0 amide bonds. The van der Waals surface area contributed by atoms with Crippen LogP contribution in [0.5, 0.6) is 0 Å². The number of aryl methyl sites for hydroxylation is 1. The highest BCUT2D eigenvalue weighted by Crippen LogP contribution is 2.20. The second kappa shape index (κ2) is 5.48. The SMILES string of the molecule is CCCNC(Cn1ccc(C)n1)C(C)(C)C. The zero-order valence-electron chi connectivity index (χ0n) is 11.2. The Hall–Kier alpha value is -0.830. The maximum absolute atomic E-state index is 4.45. The first-order valence-electron chi connectivity index (χ1n) is 6.17. The van der Waals surface area contributed by atoms with Crippen molar-refractivity contribution in [3.63, 3.8) is 0 Å². The van der Waals surface area contributed by atoms with E-state index in [1.807, 2.05) is 11.6 Å². The average Bonchev–Trinajstić information content (AvgIpc) is 2.57. The average molecular weight is 223 g/mol. The van der Waals surface area contributed by atoms with Crippen LogP contribution in [-0.4, -0.2) is 22.4 Å². The van der Waals surface area contributed by atoms with Gasteiger partial charge in [0.2, 0.25) is 0 Å². The van der Waals surface area contributed by atoms with E-state index in [-0.39, 0.29) is 5.41 Å². The van der Waals surface area contributed by atoms with Gasteiger partial charge < -0.3 is 5.32 Å². The Kier molecular flexibility index (Phi) is 4.54. The van der Waals surface area contributed by atoms with Gasteiger partial charge in [0.05, 0.1) is 12.2 Å². The molecule has 1 aromatic rings. The molecule has 0 saturated carbocycles. The quantitative estimate of drug-likeness (QED) is 0.831. The Balaban J connectivity index is 2.63. The minimum absolute atomic E-state index is 0.259. The lowest BCUT2D eigenvalue weighted by Gasteiger charge is -2.31. The molecule has 3 heteroatoms. The molecule has 1 heterocycles. The van der Waals surface area contributed by atoms with Crippen molar-refractivity contribution in [3.05, 3.63) is 18.0 Å². The number of nitrogens with one attached hydrogen (secondary N) is 1. The van der Waals surface area contributed by atoms with E-state index in [1.165, 1.54) is 6.42 Å². The molecule has 3 nitrogen and oxygen atoms in total. The Labute approximate surface area is 99.2 Å². The lowest BCUT2D eigenvalue weighted by molar-refractivity contribution is 0.236. The van der Waals surface area contributed by atoms with Crippen LogP contribution < -0.4 is 5.32 Å². The Bertz CT molecular complexity index is 309. The Morgan fingerprint density at radius 2 is 2.12 bits per heavy atom. The molecular weight excluding hydrogens is 198 g/mol. The normalized spacial score (nSPS) is 14.1. The van der Waals surface area contributed by atoms with Crippen LogP contribution in [0.4, 0.5) is 0 Å². The highest BCUT2D eigenvalue weighted by Gasteiger charge is 2.24. The molecule has 0 aliphatic heterocycles. The smallest absolute Gasteiger partial charge is 0.0593 e. The Morgan fingerprint density at radius 1 is 1.44 bits per heavy atom. The highest BCUT2D eigenvalue weighted by atomic mass is 15.3. The monoisotopic (exact) mass is 223 g/mol. The van der Waals surface area contributed by atoms with Crippen molar-refractivity contribution in [1.82, 2.24) is 15.1 Å². The first kappa shape index (κ1) is 13.2. The number of nitrogens with zero attached hydrogens (tertiary/aromatic N) is 2. The third-order valence-electron chi connectivity index (χ3n) is 2.83. The highest BCUT2D eigenvalue weighted by molar-refractivity contribution is 4.95. The number of aromatic nitrogens is 2. The summed E-state index contributed by atoms with van der Waals surface area (Å²) in [4.78, 5) is 0. The van der Waals surface area contributed by atoms with Gasteiger partial charge >= 0.3 is 0 Å². The van der Waals surface area contributed by atoms with Crippen LogP contribution in [0, 0.1) is 12.3 Å². The van der Waals surface area contributed by atoms with E-state index < -0.39 is 0 Å². The molecule has 1 rings (SSSR count). The molecule has 1 atom stereocenters. The number of rotatable bonds is 5. The summed E-state index contributed by atoms with van der Waals surface area (Å²) in [7, 11) is 0. The van der Waals surface area contributed by atoms with Gasteiger partial charge in [-0.3, -0.25) is 4.68 Å². The predicted molar refractivity (Wildman–Crippen MR) is 68.5 cm³/mol. The molecule has 0 radical (unpaired) electrons. The molecule has 1 N–H and O–H groups in total.